The maximum absolute atomic E-state index is 12.3. The topological polar surface area (TPSA) is 73.6 Å². The summed E-state index contributed by atoms with van der Waals surface area (Å²) in [5.41, 5.74) is 7.94. The zero-order chi connectivity index (χ0) is 14.8. The summed E-state index contributed by atoms with van der Waals surface area (Å²) in [7, 11) is 0. The van der Waals surface area contributed by atoms with Gasteiger partial charge in [-0.2, -0.15) is 0 Å². The maximum Gasteiger partial charge on any atom is 0.266 e. The number of carbonyl (C=O) groups is 1. The molecule has 3 rings (SSSR count). The third-order valence-corrected chi connectivity index (χ3v) is 4.25. The fourth-order valence-electron chi connectivity index (χ4n) is 2.12. The number of nitrogens with one attached hydrogen (secondary N) is 1. The fourth-order valence-corrected chi connectivity index (χ4v) is 2.94. The summed E-state index contributed by atoms with van der Waals surface area (Å²) in [5, 5.41) is 4.73. The van der Waals surface area contributed by atoms with Crippen LogP contribution in [0.5, 0.6) is 11.5 Å². The molecule has 1 aromatic carbocycles. The monoisotopic (exact) mass is 304 g/mol. The minimum atomic E-state index is -0.163. The first-order valence-corrected chi connectivity index (χ1v) is 7.57. The number of thiophene rings is 1. The number of hydrogen-bond donors (Lipinski definition) is 2. The lowest BCUT2D eigenvalue weighted by Gasteiger charge is -2.13. The quantitative estimate of drug-likeness (QED) is 0.836. The Morgan fingerprint density at radius 1 is 1.29 bits per heavy atom. The Kier molecular flexibility index (Phi) is 3.70. The van der Waals surface area contributed by atoms with Crippen LogP contribution in [0.25, 0.3) is 0 Å². The second kappa shape index (κ2) is 5.65. The van der Waals surface area contributed by atoms with E-state index in [0.29, 0.717) is 41.0 Å². The molecule has 1 aliphatic rings. The van der Waals surface area contributed by atoms with Crippen LogP contribution < -0.4 is 20.5 Å². The molecule has 0 spiro atoms. The molecule has 0 aliphatic carbocycles. The molecule has 2 aromatic rings. The zero-order valence-corrected chi connectivity index (χ0v) is 12.5. The summed E-state index contributed by atoms with van der Waals surface area (Å²) in [5.74, 6) is 1.07. The van der Waals surface area contributed by atoms with Crippen LogP contribution in [0.2, 0.25) is 0 Å². The molecule has 0 saturated heterocycles. The number of carbonyl (C=O) groups excluding carboxylic acids is 1. The van der Waals surface area contributed by atoms with Crippen LogP contribution in [0.3, 0.4) is 0 Å². The molecule has 5 nitrogen and oxygen atoms in total. The van der Waals surface area contributed by atoms with E-state index in [-0.39, 0.29) is 5.91 Å². The van der Waals surface area contributed by atoms with E-state index in [0.717, 1.165) is 12.0 Å². The lowest BCUT2D eigenvalue weighted by atomic mass is 10.2. The average Bonchev–Trinajstić information content (AvgIpc) is 2.75. The van der Waals surface area contributed by atoms with Crippen LogP contribution in [-0.4, -0.2) is 19.1 Å². The van der Waals surface area contributed by atoms with Gasteiger partial charge in [0.05, 0.1) is 29.5 Å². The highest BCUT2D eigenvalue weighted by atomic mass is 32.1. The summed E-state index contributed by atoms with van der Waals surface area (Å²) in [6.07, 6.45) is 0.824. The molecule has 0 saturated carbocycles. The summed E-state index contributed by atoms with van der Waals surface area (Å²) < 4.78 is 11.2. The van der Waals surface area contributed by atoms with Crippen molar-refractivity contribution in [2.45, 2.75) is 13.3 Å². The largest absolute Gasteiger partial charge is 0.489 e. The van der Waals surface area contributed by atoms with Crippen molar-refractivity contribution in [2.24, 2.45) is 0 Å². The van der Waals surface area contributed by atoms with E-state index in [2.05, 4.69) is 5.32 Å². The van der Waals surface area contributed by atoms with E-state index in [1.54, 1.807) is 12.1 Å². The van der Waals surface area contributed by atoms with Crippen molar-refractivity contribution in [1.29, 1.82) is 0 Å². The van der Waals surface area contributed by atoms with Crippen molar-refractivity contribution >= 4 is 28.6 Å². The van der Waals surface area contributed by atoms with Gasteiger partial charge in [-0.15, -0.1) is 11.3 Å². The summed E-state index contributed by atoms with van der Waals surface area (Å²) in [6, 6.07) is 5.32. The van der Waals surface area contributed by atoms with Crippen LogP contribution in [0.15, 0.2) is 23.6 Å². The van der Waals surface area contributed by atoms with Crippen LogP contribution in [0, 0.1) is 6.92 Å². The molecular weight excluding hydrogens is 288 g/mol. The molecule has 3 N–H and O–H groups in total. The van der Waals surface area contributed by atoms with Crippen molar-refractivity contribution in [3.05, 3.63) is 34.0 Å². The lowest BCUT2D eigenvalue weighted by Crippen LogP contribution is -2.13. The number of nitrogen functional groups attached to an aromatic ring is 1. The molecule has 2 heterocycles. The highest BCUT2D eigenvalue weighted by molar-refractivity contribution is 7.12. The normalized spacial score (nSPS) is 13.6. The van der Waals surface area contributed by atoms with Gasteiger partial charge in [0, 0.05) is 18.6 Å². The number of ether oxygens (including phenoxy) is 2. The predicted molar refractivity (Wildman–Crippen MR) is 83.5 cm³/mol. The Labute approximate surface area is 126 Å². The zero-order valence-electron chi connectivity index (χ0n) is 11.6. The molecule has 110 valence electrons. The van der Waals surface area contributed by atoms with Crippen LogP contribution in [0.1, 0.15) is 21.7 Å². The van der Waals surface area contributed by atoms with Crippen LogP contribution in [-0.2, 0) is 0 Å². The fraction of sp³-hybridized carbons (Fsp3) is 0.267. The maximum atomic E-state index is 12.3. The molecule has 0 radical (unpaired) electrons. The van der Waals surface area contributed by atoms with Gasteiger partial charge in [-0.1, -0.05) is 0 Å². The molecule has 0 bridgehead atoms. The molecule has 1 amide bonds. The molecule has 0 fully saturated rings. The van der Waals surface area contributed by atoms with Crippen LogP contribution in [0.4, 0.5) is 11.4 Å². The Morgan fingerprint density at radius 3 is 2.67 bits per heavy atom. The van der Waals surface area contributed by atoms with Gasteiger partial charge < -0.3 is 20.5 Å². The summed E-state index contributed by atoms with van der Waals surface area (Å²) in [6.45, 7) is 3.10. The van der Waals surface area contributed by atoms with Crippen molar-refractivity contribution in [2.75, 3.05) is 24.3 Å². The van der Waals surface area contributed by atoms with Gasteiger partial charge in [-0.25, -0.2) is 0 Å². The summed E-state index contributed by atoms with van der Waals surface area (Å²) >= 11 is 1.41. The average molecular weight is 304 g/mol. The number of benzene rings is 1. The Morgan fingerprint density at radius 2 is 2.00 bits per heavy atom. The van der Waals surface area contributed by atoms with Crippen molar-refractivity contribution in [1.82, 2.24) is 0 Å². The highest BCUT2D eigenvalue weighted by Crippen LogP contribution is 2.37. The molecule has 0 unspecified atom stereocenters. The van der Waals surface area contributed by atoms with Crippen molar-refractivity contribution < 1.29 is 14.3 Å². The Balaban J connectivity index is 1.87. The smallest absolute Gasteiger partial charge is 0.266 e. The Bertz CT molecular complexity index is 682. The number of fused-ring (bicyclic) bond motifs is 1. The van der Waals surface area contributed by atoms with Crippen molar-refractivity contribution in [3.63, 3.8) is 0 Å². The Hall–Kier alpha value is -2.21. The van der Waals surface area contributed by atoms with Crippen LogP contribution >= 0.6 is 11.3 Å². The van der Waals surface area contributed by atoms with Gasteiger partial charge in [-0.05, 0) is 23.9 Å². The second-order valence-electron chi connectivity index (χ2n) is 4.82. The second-order valence-corrected chi connectivity index (χ2v) is 5.74. The lowest BCUT2D eigenvalue weighted by molar-refractivity contribution is 0.103. The van der Waals surface area contributed by atoms with Gasteiger partial charge in [0.25, 0.3) is 5.91 Å². The number of rotatable bonds is 2. The number of aryl methyl sites for hydroxylation is 1. The van der Waals surface area contributed by atoms with E-state index < -0.39 is 0 Å². The first kappa shape index (κ1) is 13.8. The minimum Gasteiger partial charge on any atom is -0.489 e. The van der Waals surface area contributed by atoms with Crippen molar-refractivity contribution in [3.8, 4) is 11.5 Å². The molecule has 6 heteroatoms. The van der Waals surface area contributed by atoms with E-state index in [1.807, 2.05) is 18.4 Å². The highest BCUT2D eigenvalue weighted by Gasteiger charge is 2.17. The van der Waals surface area contributed by atoms with Gasteiger partial charge in [0.1, 0.15) is 0 Å². The van der Waals surface area contributed by atoms with Gasteiger partial charge in [0.15, 0.2) is 11.5 Å². The minimum absolute atomic E-state index is 0.163. The molecule has 21 heavy (non-hydrogen) atoms. The number of amides is 1. The standard InChI is InChI=1S/C15H16N2O3S/c1-9-3-6-21-14(9)15(18)17-11-8-13-12(7-10(11)16)19-4-2-5-20-13/h3,6-8H,2,4-5,16H2,1H3,(H,17,18). The molecular formula is C15H16N2O3S. The first-order chi connectivity index (χ1) is 10.1. The number of anilines is 2. The number of nitrogens with two attached hydrogens (primary N) is 1. The third-order valence-electron chi connectivity index (χ3n) is 3.24. The number of hydrogen-bond acceptors (Lipinski definition) is 5. The van der Waals surface area contributed by atoms with Gasteiger partial charge >= 0.3 is 0 Å². The summed E-state index contributed by atoms with van der Waals surface area (Å²) in [4.78, 5) is 12.9. The molecule has 1 aliphatic heterocycles. The van der Waals surface area contributed by atoms with Gasteiger partial charge in [-0.3, -0.25) is 4.79 Å². The first-order valence-electron chi connectivity index (χ1n) is 6.69. The van der Waals surface area contributed by atoms with Gasteiger partial charge in [0.2, 0.25) is 0 Å². The SMILES string of the molecule is Cc1ccsc1C(=O)Nc1cc2c(cc1N)OCCCO2. The molecule has 0 atom stereocenters. The predicted octanol–water partition coefficient (Wildman–Crippen LogP) is 3.05. The van der Waals surface area contributed by atoms with E-state index in [1.165, 1.54) is 11.3 Å². The third kappa shape index (κ3) is 2.80. The molecule has 1 aromatic heterocycles. The van der Waals surface area contributed by atoms with E-state index >= 15 is 0 Å². The van der Waals surface area contributed by atoms with E-state index in [4.69, 9.17) is 15.2 Å². The van der Waals surface area contributed by atoms with E-state index in [9.17, 15) is 4.79 Å².